The van der Waals surface area contributed by atoms with E-state index >= 15 is 0 Å². The molecule has 1 N–H and O–H groups in total. The molecule has 0 radical (unpaired) electrons. The number of allylic oxidation sites excluding steroid dienone is 1. The minimum Gasteiger partial charge on any atom is -0.499 e. The summed E-state index contributed by atoms with van der Waals surface area (Å²) in [6.45, 7) is 3.04. The third kappa shape index (κ3) is 10.7. The molecule has 6 heteroatoms. The molecule has 0 atom stereocenters. The SMILES string of the molecule is COc1ccc([C-]=C[C-]=O)c2ccccc12.[CH-]=S.[CH2-]CO.[K+].[K+]. The number of benzene rings is 2. The quantitative estimate of drug-likeness (QED) is 0.267. The number of ether oxygens (including phenoxy) is 1. The van der Waals surface area contributed by atoms with Crippen LogP contribution in [0, 0.1) is 13.0 Å². The van der Waals surface area contributed by atoms with Crippen LogP contribution in [0.4, 0.5) is 0 Å². The van der Waals surface area contributed by atoms with Gasteiger partial charge >= 0.3 is 103 Å². The molecule has 0 aliphatic heterocycles. The summed E-state index contributed by atoms with van der Waals surface area (Å²) in [4.78, 5) is 10.2. The summed E-state index contributed by atoms with van der Waals surface area (Å²) in [7, 11) is 1.64. The van der Waals surface area contributed by atoms with E-state index in [-0.39, 0.29) is 109 Å². The molecule has 0 fully saturated rings. The van der Waals surface area contributed by atoms with E-state index in [1.165, 1.54) is 6.08 Å². The van der Waals surface area contributed by atoms with Crippen LogP contribution < -0.4 is 108 Å². The third-order valence-corrected chi connectivity index (χ3v) is 2.39. The standard InChI is InChI=1S/C14H10O2.C2H5O.CHS.2K/c1-16-14-9-8-11(5-4-10-15)12-6-2-3-7-13(12)14;1-2-3;1-2;;/h2-4,6-9H,1H3;3H,1-2H2;1H;;/q-2;2*-1;2*+1. The van der Waals surface area contributed by atoms with Crippen molar-refractivity contribution in [3.63, 3.8) is 0 Å². The van der Waals surface area contributed by atoms with Gasteiger partial charge in [-0.05, 0) is 6.29 Å². The zero-order valence-electron chi connectivity index (χ0n) is 13.7. The van der Waals surface area contributed by atoms with Gasteiger partial charge in [-0.3, -0.25) is 11.6 Å². The van der Waals surface area contributed by atoms with E-state index in [1.807, 2.05) is 36.4 Å². The summed E-state index contributed by atoms with van der Waals surface area (Å²) < 4.78 is 5.27. The second-order valence-electron chi connectivity index (χ2n) is 3.49. The molecule has 0 aromatic heterocycles. The normalized spacial score (nSPS) is 8.48. The Balaban J connectivity index is -0.000000515. The number of hydrogen-bond acceptors (Lipinski definition) is 4. The molecule has 0 unspecified atom stereocenters. The zero-order chi connectivity index (χ0) is 16.1. The summed E-state index contributed by atoms with van der Waals surface area (Å²) in [5.74, 6) is 4.90. The predicted octanol–water partition coefficient (Wildman–Crippen LogP) is -3.02. The first kappa shape index (κ1) is 29.0. The molecule has 0 amide bonds. The van der Waals surface area contributed by atoms with E-state index in [0.29, 0.717) is 0 Å². The Morgan fingerprint density at radius 3 is 2.22 bits per heavy atom. The van der Waals surface area contributed by atoms with Gasteiger partial charge in [-0.2, -0.15) is 5.39 Å². The van der Waals surface area contributed by atoms with Gasteiger partial charge < -0.3 is 39.6 Å². The number of methoxy groups -OCH3 is 1. The topological polar surface area (TPSA) is 46.5 Å². The van der Waals surface area contributed by atoms with E-state index < -0.39 is 0 Å². The fourth-order valence-electron chi connectivity index (χ4n) is 1.68. The average Bonchev–Trinajstić information content (AvgIpc) is 2.55. The van der Waals surface area contributed by atoms with E-state index in [1.54, 1.807) is 13.4 Å². The monoisotopic (exact) mass is 378 g/mol. The van der Waals surface area contributed by atoms with Crippen molar-refractivity contribution in [2.24, 2.45) is 0 Å². The van der Waals surface area contributed by atoms with Crippen molar-refractivity contribution in [1.82, 2.24) is 0 Å². The van der Waals surface area contributed by atoms with Crippen molar-refractivity contribution in [3.8, 4) is 5.75 Å². The first-order valence-electron chi connectivity index (χ1n) is 5.93. The molecule has 0 saturated carbocycles. The van der Waals surface area contributed by atoms with Gasteiger partial charge in [0.2, 0.25) is 0 Å². The van der Waals surface area contributed by atoms with Crippen molar-refractivity contribution in [2.75, 3.05) is 13.7 Å². The Hall–Kier alpha value is 1.23. The van der Waals surface area contributed by atoms with Gasteiger partial charge in [0.05, 0.1) is 12.9 Å². The Labute approximate surface area is 228 Å². The minimum absolute atomic E-state index is 0. The maximum atomic E-state index is 10.2. The molecule has 0 aliphatic carbocycles. The number of thiocarbonyl (C=S) groups is 1. The number of hydrogen-bond donors (Lipinski definition) is 1. The van der Waals surface area contributed by atoms with Gasteiger partial charge in [-0.15, -0.1) is 12.1 Å². The van der Waals surface area contributed by atoms with Crippen molar-refractivity contribution in [3.05, 3.63) is 61.0 Å². The van der Waals surface area contributed by atoms with Gasteiger partial charge in [0, 0.05) is 0 Å². The molecule has 23 heavy (non-hydrogen) atoms. The molecule has 0 heterocycles. The van der Waals surface area contributed by atoms with Crippen molar-refractivity contribution < 1.29 is 117 Å². The van der Waals surface area contributed by atoms with Gasteiger partial charge in [0.25, 0.3) is 0 Å². The molecule has 0 spiro atoms. The van der Waals surface area contributed by atoms with Crippen LogP contribution in [0.25, 0.3) is 10.8 Å². The molecule has 112 valence electrons. The number of aliphatic hydroxyl groups is 1. The van der Waals surface area contributed by atoms with Gasteiger partial charge in [0.15, 0.2) is 0 Å². The zero-order valence-corrected chi connectivity index (χ0v) is 20.8. The molecule has 0 bridgehead atoms. The third-order valence-electron chi connectivity index (χ3n) is 2.39. The van der Waals surface area contributed by atoms with E-state index in [2.05, 4.69) is 31.1 Å². The van der Waals surface area contributed by atoms with Crippen molar-refractivity contribution in [1.29, 1.82) is 0 Å². The van der Waals surface area contributed by atoms with Crippen LogP contribution in [0.5, 0.6) is 5.75 Å². The van der Waals surface area contributed by atoms with Gasteiger partial charge in [0.1, 0.15) is 0 Å². The molecule has 3 nitrogen and oxygen atoms in total. The number of fused-ring (bicyclic) bond motifs is 1. The molecular weight excluding hydrogens is 362 g/mol. The van der Waals surface area contributed by atoms with Crippen LogP contribution in [-0.2, 0) is 4.79 Å². The molecule has 2 aromatic carbocycles. The second kappa shape index (κ2) is 19.6. The Morgan fingerprint density at radius 1 is 1.22 bits per heavy atom. The van der Waals surface area contributed by atoms with E-state index in [0.717, 1.165) is 22.1 Å². The maximum absolute atomic E-state index is 10.2. The summed E-state index contributed by atoms with van der Waals surface area (Å²) in [6, 6.07) is 11.6. The van der Waals surface area contributed by atoms with Crippen molar-refractivity contribution in [2.45, 2.75) is 0 Å². The molecule has 0 saturated heterocycles. The Morgan fingerprint density at radius 2 is 1.74 bits per heavy atom. The Kier molecular flexibility index (Phi) is 24.7. The van der Waals surface area contributed by atoms with Crippen LogP contribution in [0.15, 0.2) is 42.5 Å². The largest absolute Gasteiger partial charge is 1.00 e. The number of carbonyl (C=O) groups excluding carboxylic acids is 1. The van der Waals surface area contributed by atoms with Crippen LogP contribution in [0.3, 0.4) is 0 Å². The molecule has 2 aromatic rings. The smallest absolute Gasteiger partial charge is 0.499 e. The van der Waals surface area contributed by atoms with E-state index in [4.69, 9.17) is 9.84 Å². The predicted molar refractivity (Wildman–Crippen MR) is 89.2 cm³/mol. The summed E-state index contributed by atoms with van der Waals surface area (Å²) >= 11 is 3.58. The maximum Gasteiger partial charge on any atom is 1.00 e. The first-order chi connectivity index (χ1) is 10.3. The van der Waals surface area contributed by atoms with Crippen LogP contribution in [-0.4, -0.2) is 31.0 Å². The summed E-state index contributed by atoms with van der Waals surface area (Å²) in [5, 5.41) is 9.47. The fraction of sp³-hybridized carbons (Fsp3) is 0.118. The van der Waals surface area contributed by atoms with Gasteiger partial charge in [-0.25, -0.2) is 12.1 Å². The van der Waals surface area contributed by atoms with Crippen LogP contribution in [0.2, 0.25) is 0 Å². The Bertz CT molecular complexity index is 589. The van der Waals surface area contributed by atoms with Crippen molar-refractivity contribution >= 4 is 35.1 Å². The summed E-state index contributed by atoms with van der Waals surface area (Å²) in [6.07, 6.45) is 5.82. The van der Waals surface area contributed by atoms with Crippen LogP contribution >= 0.6 is 12.2 Å². The van der Waals surface area contributed by atoms with E-state index in [9.17, 15) is 4.79 Å². The molecular formula is C17H16K2O3S-2. The second-order valence-corrected chi connectivity index (χ2v) is 3.49. The summed E-state index contributed by atoms with van der Waals surface area (Å²) in [5.41, 5.74) is 0.861. The van der Waals surface area contributed by atoms with Gasteiger partial charge in [-0.1, -0.05) is 30.2 Å². The fourth-order valence-corrected chi connectivity index (χ4v) is 1.68. The molecule has 0 aliphatic rings. The first-order valence-corrected chi connectivity index (χ1v) is 6.41. The minimum atomic E-state index is 0. The average molecular weight is 379 g/mol. The van der Waals surface area contributed by atoms with Crippen LogP contribution in [0.1, 0.15) is 5.56 Å². The number of aliphatic hydroxyl groups excluding tert-OH is 1. The molecule has 2 rings (SSSR count). The number of rotatable bonds is 3.